The van der Waals surface area contributed by atoms with Crippen molar-refractivity contribution in [1.29, 1.82) is 0 Å². The second-order valence-corrected chi connectivity index (χ2v) is 5.10. The van der Waals surface area contributed by atoms with E-state index in [-0.39, 0.29) is 19.1 Å². The van der Waals surface area contributed by atoms with Gasteiger partial charge in [-0.1, -0.05) is 23.7 Å². The molecule has 7 heteroatoms. The molecule has 1 aliphatic heterocycles. The largest absolute Gasteiger partial charge is 0.481 e. The van der Waals surface area contributed by atoms with Gasteiger partial charge in [0.1, 0.15) is 17.2 Å². The molecule has 1 N–H and O–H groups in total. The summed E-state index contributed by atoms with van der Waals surface area (Å²) in [6.45, 7) is -0.349. The van der Waals surface area contributed by atoms with Gasteiger partial charge in [-0.3, -0.25) is 4.79 Å². The number of hydrogen-bond donors (Lipinski definition) is 1. The summed E-state index contributed by atoms with van der Waals surface area (Å²) in [5.74, 6) is 0.345. The summed E-state index contributed by atoms with van der Waals surface area (Å²) >= 11 is 5.93. The molecule has 0 aromatic heterocycles. The minimum atomic E-state index is -0.579. The number of nitrogens with one attached hydrogen (secondary N) is 1. The van der Waals surface area contributed by atoms with Gasteiger partial charge >= 0.3 is 5.97 Å². The minimum Gasteiger partial charge on any atom is -0.481 e. The molecule has 1 amide bonds. The molecule has 0 atom stereocenters. The van der Waals surface area contributed by atoms with Crippen LogP contribution >= 0.6 is 11.6 Å². The predicted octanol–water partition coefficient (Wildman–Crippen LogP) is 2.66. The van der Waals surface area contributed by atoms with Crippen LogP contribution in [0.15, 0.2) is 42.5 Å². The molecule has 0 fully saturated rings. The molecule has 0 radical (unpaired) electrons. The fraction of sp³-hybridized carbons (Fsp3) is 0.125. The average Bonchev–Trinajstić information content (AvgIpc) is 2.54. The van der Waals surface area contributed by atoms with E-state index in [1.807, 2.05) is 0 Å². The van der Waals surface area contributed by atoms with Crippen molar-refractivity contribution in [2.45, 2.75) is 0 Å². The first-order valence-electron chi connectivity index (χ1n) is 6.76. The van der Waals surface area contributed by atoms with Crippen LogP contribution in [0.4, 0.5) is 5.69 Å². The minimum absolute atomic E-state index is 0.0694. The molecular formula is C16H12ClNO5. The number of halogens is 1. The van der Waals surface area contributed by atoms with Gasteiger partial charge in [0.25, 0.3) is 5.91 Å². The Hall–Kier alpha value is -2.73. The van der Waals surface area contributed by atoms with Crippen LogP contribution in [-0.2, 0) is 9.59 Å². The van der Waals surface area contributed by atoms with Crippen molar-refractivity contribution in [2.24, 2.45) is 0 Å². The Morgan fingerprint density at radius 2 is 2.09 bits per heavy atom. The fourth-order valence-electron chi connectivity index (χ4n) is 1.98. The molecule has 23 heavy (non-hydrogen) atoms. The van der Waals surface area contributed by atoms with Crippen molar-refractivity contribution in [3.05, 3.63) is 47.5 Å². The molecule has 3 rings (SSSR count). The maximum atomic E-state index is 11.8. The molecule has 2 aromatic rings. The Kier molecular flexibility index (Phi) is 4.34. The van der Waals surface area contributed by atoms with E-state index in [2.05, 4.69) is 5.32 Å². The second-order valence-electron chi connectivity index (χ2n) is 4.69. The van der Waals surface area contributed by atoms with Crippen molar-refractivity contribution in [3.63, 3.8) is 0 Å². The van der Waals surface area contributed by atoms with E-state index < -0.39 is 5.97 Å². The molecule has 0 aliphatic carbocycles. The highest BCUT2D eigenvalue weighted by Gasteiger charge is 2.17. The maximum Gasteiger partial charge on any atom is 0.349 e. The van der Waals surface area contributed by atoms with Crippen LogP contribution in [0, 0.1) is 0 Å². The zero-order valence-corrected chi connectivity index (χ0v) is 12.6. The van der Waals surface area contributed by atoms with Gasteiger partial charge in [-0.15, -0.1) is 0 Å². The monoisotopic (exact) mass is 333 g/mol. The predicted molar refractivity (Wildman–Crippen MR) is 83.1 cm³/mol. The zero-order valence-electron chi connectivity index (χ0n) is 11.9. The van der Waals surface area contributed by atoms with E-state index in [0.29, 0.717) is 28.0 Å². The lowest BCUT2D eigenvalue weighted by molar-refractivity contribution is -0.136. The Morgan fingerprint density at radius 1 is 1.26 bits per heavy atom. The van der Waals surface area contributed by atoms with Crippen LogP contribution < -0.4 is 19.5 Å². The first-order chi connectivity index (χ1) is 11.1. The Bertz CT molecular complexity index is 762. The van der Waals surface area contributed by atoms with E-state index in [1.54, 1.807) is 36.4 Å². The Balaban J connectivity index is 1.60. The van der Waals surface area contributed by atoms with Crippen LogP contribution in [0.1, 0.15) is 0 Å². The fourth-order valence-corrected chi connectivity index (χ4v) is 2.17. The van der Waals surface area contributed by atoms with Crippen LogP contribution in [0.5, 0.6) is 17.2 Å². The number of carbonyl (C=O) groups excluding carboxylic acids is 2. The van der Waals surface area contributed by atoms with Crippen LogP contribution in [0.2, 0.25) is 5.02 Å². The van der Waals surface area contributed by atoms with Crippen LogP contribution in [0.3, 0.4) is 0 Å². The standard InChI is InChI=1S/C16H12ClNO5/c17-11-3-1-2-4-13(11)22-9-16(20)23-10-5-6-12-14(7-10)21-8-15(19)18-12/h1-7H,8-9H2,(H,18,19). The summed E-state index contributed by atoms with van der Waals surface area (Å²) in [4.78, 5) is 23.0. The third-order valence-electron chi connectivity index (χ3n) is 3.00. The van der Waals surface area contributed by atoms with Gasteiger partial charge in [-0.05, 0) is 24.3 Å². The lowest BCUT2D eigenvalue weighted by Crippen LogP contribution is -2.25. The van der Waals surface area contributed by atoms with Crippen molar-refractivity contribution in [3.8, 4) is 17.2 Å². The van der Waals surface area contributed by atoms with Crippen LogP contribution in [0.25, 0.3) is 0 Å². The number of para-hydroxylation sites is 1. The lowest BCUT2D eigenvalue weighted by atomic mass is 10.2. The lowest BCUT2D eigenvalue weighted by Gasteiger charge is -2.18. The highest BCUT2D eigenvalue weighted by Crippen LogP contribution is 2.31. The summed E-state index contributed by atoms with van der Waals surface area (Å²) in [5.41, 5.74) is 0.536. The normalized spacial score (nSPS) is 12.7. The quantitative estimate of drug-likeness (QED) is 0.688. The molecule has 118 valence electrons. The first kappa shape index (κ1) is 15.2. The number of benzene rings is 2. The molecular weight excluding hydrogens is 322 g/mol. The molecule has 2 aromatic carbocycles. The van der Waals surface area contributed by atoms with Crippen LogP contribution in [-0.4, -0.2) is 25.1 Å². The topological polar surface area (TPSA) is 73.9 Å². The van der Waals surface area contributed by atoms with Crippen molar-refractivity contribution < 1.29 is 23.8 Å². The molecule has 0 saturated heterocycles. The number of esters is 1. The molecule has 0 saturated carbocycles. The number of fused-ring (bicyclic) bond motifs is 1. The summed E-state index contributed by atoms with van der Waals surface area (Å²) < 4.78 is 15.7. The third kappa shape index (κ3) is 3.73. The molecule has 6 nitrogen and oxygen atoms in total. The zero-order chi connectivity index (χ0) is 16.2. The van der Waals surface area contributed by atoms with Crippen molar-refractivity contribution in [2.75, 3.05) is 18.5 Å². The number of rotatable bonds is 4. The summed E-state index contributed by atoms with van der Waals surface area (Å²) in [5, 5.41) is 3.06. The van der Waals surface area contributed by atoms with Gasteiger partial charge in [-0.2, -0.15) is 0 Å². The van der Waals surface area contributed by atoms with E-state index in [0.717, 1.165) is 0 Å². The number of carbonyl (C=O) groups is 2. The molecule has 1 heterocycles. The Labute approximate surface area is 136 Å². The van der Waals surface area contributed by atoms with Crippen molar-refractivity contribution >= 4 is 29.2 Å². The molecule has 1 aliphatic rings. The van der Waals surface area contributed by atoms with Gasteiger partial charge in [0, 0.05) is 6.07 Å². The second kappa shape index (κ2) is 6.58. The van der Waals surface area contributed by atoms with Gasteiger partial charge in [0.2, 0.25) is 0 Å². The maximum absolute atomic E-state index is 11.8. The number of ether oxygens (including phenoxy) is 3. The highest BCUT2D eigenvalue weighted by molar-refractivity contribution is 6.32. The van der Waals surface area contributed by atoms with E-state index in [9.17, 15) is 9.59 Å². The number of anilines is 1. The number of hydrogen-bond acceptors (Lipinski definition) is 5. The van der Waals surface area contributed by atoms with E-state index in [4.69, 9.17) is 25.8 Å². The number of amides is 1. The van der Waals surface area contributed by atoms with E-state index >= 15 is 0 Å². The van der Waals surface area contributed by atoms with Crippen molar-refractivity contribution in [1.82, 2.24) is 0 Å². The average molecular weight is 334 g/mol. The smallest absolute Gasteiger partial charge is 0.349 e. The first-order valence-corrected chi connectivity index (χ1v) is 7.14. The molecule has 0 spiro atoms. The summed E-state index contributed by atoms with van der Waals surface area (Å²) in [7, 11) is 0. The molecule has 0 unspecified atom stereocenters. The van der Waals surface area contributed by atoms with Gasteiger partial charge < -0.3 is 19.5 Å². The highest BCUT2D eigenvalue weighted by atomic mass is 35.5. The third-order valence-corrected chi connectivity index (χ3v) is 3.31. The van der Waals surface area contributed by atoms with Gasteiger partial charge in [0.15, 0.2) is 13.2 Å². The molecule has 0 bridgehead atoms. The van der Waals surface area contributed by atoms with E-state index in [1.165, 1.54) is 6.07 Å². The SMILES string of the molecule is O=C1COc2cc(OC(=O)COc3ccccc3Cl)ccc2N1. The summed E-state index contributed by atoms with van der Waals surface area (Å²) in [6.07, 6.45) is 0. The Morgan fingerprint density at radius 3 is 2.91 bits per heavy atom. The summed E-state index contributed by atoms with van der Waals surface area (Å²) in [6, 6.07) is 11.5. The van der Waals surface area contributed by atoms with Gasteiger partial charge in [-0.25, -0.2) is 4.79 Å². The van der Waals surface area contributed by atoms with Gasteiger partial charge in [0.05, 0.1) is 10.7 Å².